The number of aryl methyl sites for hydroxylation is 3. The first-order valence-corrected chi connectivity index (χ1v) is 7.09. The lowest BCUT2D eigenvalue weighted by molar-refractivity contribution is 0.203. The Morgan fingerprint density at radius 3 is 2.74 bits per heavy atom. The predicted octanol–water partition coefficient (Wildman–Crippen LogP) is 2.67. The van der Waals surface area contributed by atoms with Crippen LogP contribution >= 0.6 is 0 Å². The fourth-order valence-electron chi connectivity index (χ4n) is 3.22. The number of nitrogens with zero attached hydrogens (tertiary/aromatic N) is 1. The second-order valence-corrected chi connectivity index (χ2v) is 5.79. The van der Waals surface area contributed by atoms with Crippen molar-refractivity contribution < 1.29 is 0 Å². The predicted molar refractivity (Wildman–Crippen MR) is 80.8 cm³/mol. The van der Waals surface area contributed by atoms with Gasteiger partial charge >= 0.3 is 0 Å². The first-order chi connectivity index (χ1) is 9.09. The van der Waals surface area contributed by atoms with Crippen LogP contribution in [0.15, 0.2) is 12.1 Å². The summed E-state index contributed by atoms with van der Waals surface area (Å²) < 4.78 is 0. The minimum Gasteiger partial charge on any atom is -0.358 e. The van der Waals surface area contributed by atoms with Crippen molar-refractivity contribution in [3.63, 3.8) is 0 Å². The summed E-state index contributed by atoms with van der Waals surface area (Å²) in [5.41, 5.74) is 6.82. The Morgan fingerprint density at radius 2 is 2.00 bits per heavy atom. The molecule has 1 unspecified atom stereocenters. The maximum Gasteiger partial charge on any atom is 0.0494 e. The van der Waals surface area contributed by atoms with Gasteiger partial charge in [0.25, 0.3) is 0 Å². The molecule has 0 amide bonds. The summed E-state index contributed by atoms with van der Waals surface area (Å²) in [6.45, 7) is 9.83. The molecule has 1 aliphatic heterocycles. The molecule has 1 aromatic carbocycles. The number of hydrogen-bond acceptors (Lipinski definition) is 2. The van der Waals surface area contributed by atoms with Crippen molar-refractivity contribution in [2.75, 3.05) is 26.7 Å². The number of H-pyrrole nitrogens is 1. The average Bonchev–Trinajstić information content (AvgIpc) is 2.72. The number of rotatable bonds is 1. The van der Waals surface area contributed by atoms with Crippen molar-refractivity contribution in [2.45, 2.75) is 26.8 Å². The number of hydrogen-bond donors (Lipinski definition) is 2. The van der Waals surface area contributed by atoms with E-state index >= 15 is 0 Å². The zero-order valence-corrected chi connectivity index (χ0v) is 12.3. The van der Waals surface area contributed by atoms with Crippen molar-refractivity contribution in [3.05, 3.63) is 34.5 Å². The normalized spacial score (nSPS) is 21.2. The molecule has 0 spiro atoms. The van der Waals surface area contributed by atoms with Gasteiger partial charge in [0.05, 0.1) is 0 Å². The second-order valence-electron chi connectivity index (χ2n) is 5.79. The van der Waals surface area contributed by atoms with Gasteiger partial charge in [-0.05, 0) is 44.5 Å². The highest BCUT2D eigenvalue weighted by Crippen LogP contribution is 2.33. The highest BCUT2D eigenvalue weighted by molar-refractivity contribution is 5.88. The summed E-state index contributed by atoms with van der Waals surface area (Å²) in [5.74, 6) is 0. The van der Waals surface area contributed by atoms with Gasteiger partial charge in [-0.1, -0.05) is 12.1 Å². The van der Waals surface area contributed by atoms with Crippen molar-refractivity contribution in [3.8, 4) is 0 Å². The van der Waals surface area contributed by atoms with E-state index in [0.717, 1.165) is 19.6 Å². The van der Waals surface area contributed by atoms with E-state index in [1.807, 2.05) is 0 Å². The van der Waals surface area contributed by atoms with Crippen LogP contribution in [0.1, 0.15) is 28.4 Å². The molecule has 0 radical (unpaired) electrons. The molecular weight excluding hydrogens is 234 g/mol. The van der Waals surface area contributed by atoms with Crippen LogP contribution in [0.25, 0.3) is 10.9 Å². The van der Waals surface area contributed by atoms with Crippen LogP contribution in [0.2, 0.25) is 0 Å². The fourth-order valence-corrected chi connectivity index (χ4v) is 3.22. The molecule has 2 heterocycles. The van der Waals surface area contributed by atoms with Crippen LogP contribution in [0, 0.1) is 20.8 Å². The Balaban J connectivity index is 2.18. The summed E-state index contributed by atoms with van der Waals surface area (Å²) in [7, 11) is 2.23. The lowest BCUT2D eigenvalue weighted by atomic mass is 9.98. The average molecular weight is 257 g/mol. The Labute approximate surface area is 115 Å². The quantitative estimate of drug-likeness (QED) is 0.823. The lowest BCUT2D eigenvalue weighted by Crippen LogP contribution is -2.43. The van der Waals surface area contributed by atoms with E-state index in [9.17, 15) is 0 Å². The summed E-state index contributed by atoms with van der Waals surface area (Å²) in [5, 5.41) is 4.91. The molecule has 1 fully saturated rings. The number of benzene rings is 1. The SMILES string of the molecule is Cc1ccc2c(C3CNCCN3C)c(C)[nH]c2c1C. The van der Waals surface area contributed by atoms with Crippen LogP contribution < -0.4 is 5.32 Å². The molecule has 3 rings (SSSR count). The highest BCUT2D eigenvalue weighted by atomic mass is 15.2. The van der Waals surface area contributed by atoms with Gasteiger partial charge in [0, 0.05) is 42.3 Å². The van der Waals surface area contributed by atoms with E-state index in [-0.39, 0.29) is 0 Å². The maximum absolute atomic E-state index is 3.60. The number of fused-ring (bicyclic) bond motifs is 1. The molecule has 1 saturated heterocycles. The van der Waals surface area contributed by atoms with Gasteiger partial charge in [0.2, 0.25) is 0 Å². The Morgan fingerprint density at radius 1 is 1.21 bits per heavy atom. The molecule has 1 aromatic heterocycles. The van der Waals surface area contributed by atoms with Gasteiger partial charge in [-0.2, -0.15) is 0 Å². The zero-order chi connectivity index (χ0) is 13.6. The fraction of sp³-hybridized carbons (Fsp3) is 0.500. The molecule has 0 aliphatic carbocycles. The molecule has 19 heavy (non-hydrogen) atoms. The molecule has 102 valence electrons. The van der Waals surface area contributed by atoms with E-state index in [0.29, 0.717) is 6.04 Å². The van der Waals surface area contributed by atoms with Gasteiger partial charge in [-0.15, -0.1) is 0 Å². The van der Waals surface area contributed by atoms with E-state index < -0.39 is 0 Å². The largest absolute Gasteiger partial charge is 0.358 e. The molecule has 0 saturated carbocycles. The summed E-state index contributed by atoms with van der Waals surface area (Å²) in [6.07, 6.45) is 0. The topological polar surface area (TPSA) is 31.1 Å². The van der Waals surface area contributed by atoms with Crippen LogP contribution in [0.5, 0.6) is 0 Å². The van der Waals surface area contributed by atoms with Gasteiger partial charge in [0.1, 0.15) is 0 Å². The third-order valence-electron chi connectivity index (χ3n) is 4.59. The first kappa shape index (κ1) is 12.7. The number of aromatic nitrogens is 1. The molecule has 3 heteroatoms. The zero-order valence-electron chi connectivity index (χ0n) is 12.3. The smallest absolute Gasteiger partial charge is 0.0494 e. The molecule has 1 atom stereocenters. The molecular formula is C16H23N3. The number of piperazine rings is 1. The monoisotopic (exact) mass is 257 g/mol. The van der Waals surface area contributed by atoms with Crippen molar-refractivity contribution in [1.82, 2.24) is 15.2 Å². The number of likely N-dealkylation sites (N-methyl/N-ethyl adjacent to an activating group) is 1. The third kappa shape index (κ3) is 1.97. The van der Waals surface area contributed by atoms with Crippen molar-refractivity contribution in [2.24, 2.45) is 0 Å². The van der Waals surface area contributed by atoms with Crippen LogP contribution in [-0.2, 0) is 0 Å². The maximum atomic E-state index is 3.60. The molecule has 1 aliphatic rings. The van der Waals surface area contributed by atoms with E-state index in [4.69, 9.17) is 0 Å². The summed E-state index contributed by atoms with van der Waals surface area (Å²) >= 11 is 0. The van der Waals surface area contributed by atoms with Crippen LogP contribution in [0.3, 0.4) is 0 Å². The Kier molecular flexibility index (Phi) is 3.11. The molecule has 2 aromatic rings. The van der Waals surface area contributed by atoms with Crippen LogP contribution in [-0.4, -0.2) is 36.6 Å². The van der Waals surface area contributed by atoms with Crippen molar-refractivity contribution in [1.29, 1.82) is 0 Å². The molecule has 0 bridgehead atoms. The summed E-state index contributed by atoms with van der Waals surface area (Å²) in [6, 6.07) is 4.99. The van der Waals surface area contributed by atoms with Crippen LogP contribution in [0.4, 0.5) is 0 Å². The molecule has 2 N–H and O–H groups in total. The van der Waals surface area contributed by atoms with Gasteiger partial charge in [-0.25, -0.2) is 0 Å². The van der Waals surface area contributed by atoms with Gasteiger partial charge in [-0.3, -0.25) is 4.90 Å². The molecule has 3 nitrogen and oxygen atoms in total. The minimum atomic E-state index is 0.476. The van der Waals surface area contributed by atoms with E-state index in [2.05, 4.69) is 55.2 Å². The van der Waals surface area contributed by atoms with E-state index in [1.165, 1.54) is 33.3 Å². The Bertz CT molecular complexity index is 612. The lowest BCUT2D eigenvalue weighted by Gasteiger charge is -2.33. The highest BCUT2D eigenvalue weighted by Gasteiger charge is 2.25. The standard InChI is InChI=1S/C16H23N3/c1-10-5-6-13-15(12(3)18-16(13)11(10)2)14-9-17-7-8-19(14)4/h5-6,14,17-18H,7-9H2,1-4H3. The third-order valence-corrected chi connectivity index (χ3v) is 4.59. The first-order valence-electron chi connectivity index (χ1n) is 7.09. The summed E-state index contributed by atoms with van der Waals surface area (Å²) in [4.78, 5) is 6.06. The number of aromatic amines is 1. The van der Waals surface area contributed by atoms with Crippen molar-refractivity contribution >= 4 is 10.9 Å². The second kappa shape index (κ2) is 4.66. The van der Waals surface area contributed by atoms with Gasteiger partial charge in [0.15, 0.2) is 0 Å². The van der Waals surface area contributed by atoms with Gasteiger partial charge < -0.3 is 10.3 Å². The minimum absolute atomic E-state index is 0.476. The number of nitrogens with one attached hydrogen (secondary N) is 2. The van der Waals surface area contributed by atoms with E-state index in [1.54, 1.807) is 0 Å². The Hall–Kier alpha value is -1.32.